The van der Waals surface area contributed by atoms with Crippen LogP contribution in [0.25, 0.3) is 11.1 Å². The molecule has 1 unspecified atom stereocenters. The van der Waals surface area contributed by atoms with Crippen molar-refractivity contribution in [2.24, 2.45) is 0 Å². The summed E-state index contributed by atoms with van der Waals surface area (Å²) in [7, 11) is 2.12. The molecule has 0 spiro atoms. The molecule has 2 aromatic carbocycles. The van der Waals surface area contributed by atoms with Gasteiger partial charge in [0.05, 0.1) is 5.69 Å². The van der Waals surface area contributed by atoms with Crippen LogP contribution in [-0.2, 0) is 20.7 Å². The molecule has 3 saturated heterocycles. The van der Waals surface area contributed by atoms with E-state index in [2.05, 4.69) is 17.3 Å². The van der Waals surface area contributed by atoms with Crippen LogP contribution in [0.2, 0.25) is 0 Å². The maximum atomic E-state index is 12.8. The number of carbonyl (C=O) groups excluding carboxylic acids is 1. The van der Waals surface area contributed by atoms with Crippen LogP contribution in [0.1, 0.15) is 24.8 Å². The SMILES string of the molecule is CN1[C@@H]2CC(OC(=O)Nc3cc(CCC(=O)O)ccc3-c3ccccc3)C[C@H]1[C@@H]1O[C@@H]12. The van der Waals surface area contributed by atoms with E-state index in [-0.39, 0.29) is 12.5 Å². The second-order valence-electron chi connectivity index (χ2n) is 8.63. The standard InChI is InChI=1S/C24H26N2O5/c1-26-19-12-16(13-20(26)23-22(19)31-23)30-24(29)25-18-11-14(8-10-21(27)28)7-9-17(18)15-5-3-2-4-6-15/h2-7,9,11,16,19-20,22-23H,8,10,12-13H2,1H3,(H,25,29)(H,27,28)/t16?,19-,20+,22-,23+. The third-order valence-electron chi connectivity index (χ3n) is 6.68. The maximum absolute atomic E-state index is 12.8. The highest BCUT2D eigenvalue weighted by atomic mass is 16.6. The molecule has 5 atom stereocenters. The van der Waals surface area contributed by atoms with E-state index in [9.17, 15) is 9.59 Å². The molecule has 0 aromatic heterocycles. The minimum atomic E-state index is -0.847. The highest BCUT2D eigenvalue weighted by Gasteiger charge is 2.62. The van der Waals surface area contributed by atoms with E-state index >= 15 is 0 Å². The van der Waals surface area contributed by atoms with Crippen molar-refractivity contribution in [3.8, 4) is 11.1 Å². The van der Waals surface area contributed by atoms with Gasteiger partial charge in [-0.1, -0.05) is 42.5 Å². The number of epoxide rings is 1. The van der Waals surface area contributed by atoms with Gasteiger partial charge in [-0.15, -0.1) is 0 Å². The zero-order chi connectivity index (χ0) is 21.5. The van der Waals surface area contributed by atoms with Gasteiger partial charge in [-0.25, -0.2) is 4.79 Å². The molecule has 5 rings (SSSR count). The van der Waals surface area contributed by atoms with E-state index in [1.54, 1.807) is 0 Å². The molecule has 2 N–H and O–H groups in total. The Balaban J connectivity index is 1.31. The molecule has 3 aliphatic heterocycles. The molecule has 3 fully saturated rings. The minimum absolute atomic E-state index is 0.0390. The number of amides is 1. The van der Waals surface area contributed by atoms with Gasteiger partial charge in [0.1, 0.15) is 18.3 Å². The van der Waals surface area contributed by atoms with Gasteiger partial charge in [0.25, 0.3) is 0 Å². The van der Waals surface area contributed by atoms with Crippen LogP contribution < -0.4 is 5.32 Å². The topological polar surface area (TPSA) is 91.4 Å². The summed E-state index contributed by atoms with van der Waals surface area (Å²) in [6.07, 6.45) is 1.99. The van der Waals surface area contributed by atoms with Crippen LogP contribution in [0.15, 0.2) is 48.5 Å². The number of ether oxygens (including phenoxy) is 2. The number of nitrogens with zero attached hydrogens (tertiary/aromatic N) is 1. The number of carboxylic acids is 1. The third-order valence-corrected chi connectivity index (χ3v) is 6.68. The zero-order valence-corrected chi connectivity index (χ0v) is 17.4. The van der Waals surface area contributed by atoms with Crippen molar-refractivity contribution < 1.29 is 24.2 Å². The summed E-state index contributed by atoms with van der Waals surface area (Å²) in [5.41, 5.74) is 3.32. The zero-order valence-electron chi connectivity index (χ0n) is 17.4. The lowest BCUT2D eigenvalue weighted by Crippen LogP contribution is -2.48. The van der Waals surface area contributed by atoms with Gasteiger partial charge in [-0.3, -0.25) is 15.0 Å². The Bertz CT molecular complexity index is 977. The van der Waals surface area contributed by atoms with Gasteiger partial charge in [0.15, 0.2) is 0 Å². The van der Waals surface area contributed by atoms with Crippen molar-refractivity contribution in [2.45, 2.75) is 56.1 Å². The van der Waals surface area contributed by atoms with Crippen molar-refractivity contribution in [3.63, 3.8) is 0 Å². The molecule has 31 heavy (non-hydrogen) atoms. The number of nitrogens with one attached hydrogen (secondary N) is 1. The van der Waals surface area contributed by atoms with Crippen molar-refractivity contribution >= 4 is 17.7 Å². The van der Waals surface area contributed by atoms with E-state index in [0.717, 1.165) is 29.5 Å². The molecule has 0 aliphatic carbocycles. The van der Waals surface area contributed by atoms with Crippen LogP contribution in [0.4, 0.5) is 10.5 Å². The number of likely N-dealkylation sites (N-methyl/N-ethyl adjacent to an activating group) is 1. The maximum Gasteiger partial charge on any atom is 0.411 e. The number of fused-ring (bicyclic) bond motifs is 5. The Morgan fingerprint density at radius 3 is 2.52 bits per heavy atom. The number of piperidine rings is 1. The average Bonchev–Trinajstić information content (AvgIpc) is 3.51. The number of aliphatic carboxylic acids is 1. The van der Waals surface area contributed by atoms with Gasteiger partial charge in [-0.05, 0) is 30.7 Å². The predicted octanol–water partition coefficient (Wildman–Crippen LogP) is 3.53. The summed E-state index contributed by atoms with van der Waals surface area (Å²) in [4.78, 5) is 26.1. The molecule has 1 amide bonds. The molecule has 0 saturated carbocycles. The van der Waals surface area contributed by atoms with Crippen LogP contribution >= 0.6 is 0 Å². The van der Waals surface area contributed by atoms with Crippen LogP contribution in [0, 0.1) is 0 Å². The smallest absolute Gasteiger partial charge is 0.411 e. The number of carbonyl (C=O) groups is 2. The minimum Gasteiger partial charge on any atom is -0.481 e. The second kappa shape index (κ2) is 7.98. The molecule has 7 nitrogen and oxygen atoms in total. The molecule has 7 heteroatoms. The summed E-state index contributed by atoms with van der Waals surface area (Å²) in [6.45, 7) is 0. The summed E-state index contributed by atoms with van der Waals surface area (Å²) < 4.78 is 11.5. The van der Waals surface area contributed by atoms with Crippen molar-refractivity contribution in [1.29, 1.82) is 0 Å². The number of benzene rings is 2. The number of hydrogen-bond donors (Lipinski definition) is 2. The Labute approximate surface area is 181 Å². The van der Waals surface area contributed by atoms with Gasteiger partial charge >= 0.3 is 12.1 Å². The van der Waals surface area contributed by atoms with Gasteiger partial charge in [0, 0.05) is 36.9 Å². The Morgan fingerprint density at radius 1 is 1.13 bits per heavy atom. The first-order chi connectivity index (χ1) is 15.0. The average molecular weight is 422 g/mol. The fourth-order valence-electron chi connectivity index (χ4n) is 5.06. The second-order valence-corrected chi connectivity index (χ2v) is 8.63. The monoisotopic (exact) mass is 422 g/mol. The molecule has 2 bridgehead atoms. The third kappa shape index (κ3) is 4.03. The molecule has 162 valence electrons. The molecular formula is C24H26N2O5. The predicted molar refractivity (Wildman–Crippen MR) is 115 cm³/mol. The molecule has 3 heterocycles. The lowest BCUT2D eigenvalue weighted by molar-refractivity contribution is -0.136. The van der Waals surface area contributed by atoms with Crippen molar-refractivity contribution in [3.05, 3.63) is 54.1 Å². The first-order valence-corrected chi connectivity index (χ1v) is 10.7. The largest absolute Gasteiger partial charge is 0.481 e. The van der Waals surface area contributed by atoms with Crippen LogP contribution in [0.5, 0.6) is 0 Å². The Morgan fingerprint density at radius 2 is 1.84 bits per heavy atom. The number of carboxylic acid groups (broad SMARTS) is 1. The van der Waals surface area contributed by atoms with Crippen LogP contribution in [0.3, 0.4) is 0 Å². The summed E-state index contributed by atoms with van der Waals surface area (Å²) in [5, 5.41) is 11.9. The molecule has 3 aliphatic rings. The van der Waals surface area contributed by atoms with E-state index in [0.29, 0.717) is 36.4 Å². The van der Waals surface area contributed by atoms with Gasteiger partial charge in [0.2, 0.25) is 0 Å². The molecular weight excluding hydrogens is 396 g/mol. The lowest BCUT2D eigenvalue weighted by Gasteiger charge is -2.37. The Kier molecular flexibility index (Phi) is 5.16. The quantitative estimate of drug-likeness (QED) is 0.692. The number of morpholine rings is 1. The van der Waals surface area contributed by atoms with E-state index in [1.807, 2.05) is 48.5 Å². The number of rotatable bonds is 6. The first-order valence-electron chi connectivity index (χ1n) is 10.7. The lowest BCUT2D eigenvalue weighted by atomic mass is 9.99. The van der Waals surface area contributed by atoms with Crippen molar-refractivity contribution in [2.75, 3.05) is 12.4 Å². The summed E-state index contributed by atoms with van der Waals surface area (Å²) >= 11 is 0. The van der Waals surface area contributed by atoms with Crippen LogP contribution in [-0.4, -0.2) is 59.5 Å². The molecule has 2 aromatic rings. The first kappa shape index (κ1) is 20.0. The van der Waals surface area contributed by atoms with E-state index in [4.69, 9.17) is 14.6 Å². The number of anilines is 1. The normalized spacial score (nSPS) is 28.6. The van der Waals surface area contributed by atoms with E-state index < -0.39 is 12.1 Å². The summed E-state index contributed by atoms with van der Waals surface area (Å²) in [6, 6.07) is 16.1. The van der Waals surface area contributed by atoms with Gasteiger partial charge < -0.3 is 14.6 Å². The molecule has 0 radical (unpaired) electrons. The Hall–Kier alpha value is -2.90. The summed E-state index contributed by atoms with van der Waals surface area (Å²) in [5.74, 6) is -0.847. The van der Waals surface area contributed by atoms with Crippen molar-refractivity contribution in [1.82, 2.24) is 4.90 Å². The fourth-order valence-corrected chi connectivity index (χ4v) is 5.06. The van der Waals surface area contributed by atoms with Gasteiger partial charge in [-0.2, -0.15) is 0 Å². The highest BCUT2D eigenvalue weighted by Crippen LogP contribution is 2.48. The number of aryl methyl sites for hydroxylation is 1. The van der Waals surface area contributed by atoms with E-state index in [1.165, 1.54) is 0 Å². The fraction of sp³-hybridized carbons (Fsp3) is 0.417. The number of hydrogen-bond acceptors (Lipinski definition) is 5. The highest BCUT2D eigenvalue weighted by molar-refractivity contribution is 5.92.